The normalized spacial score (nSPS) is 17.4. The summed E-state index contributed by atoms with van der Waals surface area (Å²) in [6, 6.07) is 0. The van der Waals surface area contributed by atoms with E-state index in [9.17, 15) is 0 Å². The molecule has 0 saturated heterocycles. The van der Waals surface area contributed by atoms with Crippen LogP contribution in [0.25, 0.3) is 0 Å². The summed E-state index contributed by atoms with van der Waals surface area (Å²) in [5.41, 5.74) is 3.26. The molecule has 0 spiro atoms. The monoisotopic (exact) mass is 302 g/mol. The molecule has 0 amide bonds. The van der Waals surface area contributed by atoms with Gasteiger partial charge in [0.15, 0.2) is 0 Å². The third kappa shape index (κ3) is 4.26. The minimum absolute atomic E-state index is 0. The van der Waals surface area contributed by atoms with Crippen molar-refractivity contribution in [3.05, 3.63) is 43.2 Å². The predicted molar refractivity (Wildman–Crippen MR) is 76.2 cm³/mol. The van der Waals surface area contributed by atoms with Crippen molar-refractivity contribution in [2.24, 2.45) is 11.8 Å². The molecule has 0 aromatic heterocycles. The second kappa shape index (κ2) is 7.96. The van der Waals surface area contributed by atoms with Crippen molar-refractivity contribution in [1.82, 2.24) is 0 Å². The minimum Gasteiger partial charge on any atom is -0.269 e. The summed E-state index contributed by atoms with van der Waals surface area (Å²) < 4.78 is 3.55. The summed E-state index contributed by atoms with van der Waals surface area (Å²) in [7, 11) is 0. The maximum atomic E-state index is 2.36. The Hall–Kier alpha value is -0.466. The van der Waals surface area contributed by atoms with E-state index < -0.39 is 0 Å². The molecule has 3 heteroatoms. The van der Waals surface area contributed by atoms with Crippen molar-refractivity contribution in [3.8, 4) is 0 Å². The van der Waals surface area contributed by atoms with Gasteiger partial charge in [-0.05, 0) is 0 Å². The molecule has 106 valence electrons. The Morgan fingerprint density at radius 2 is 1.16 bits per heavy atom. The van der Waals surface area contributed by atoms with E-state index >= 15 is 0 Å². The zero-order valence-electron chi connectivity index (χ0n) is 12.2. The molecule has 0 bridgehead atoms. The van der Waals surface area contributed by atoms with E-state index in [4.69, 9.17) is 0 Å². The molecule has 0 heterocycles. The number of rotatable bonds is 4. The quantitative estimate of drug-likeness (QED) is 0.633. The molecule has 0 saturated carbocycles. The zero-order chi connectivity index (χ0) is 12.4. The molecule has 0 atom stereocenters. The van der Waals surface area contributed by atoms with Gasteiger partial charge in [0.05, 0.1) is 0 Å². The summed E-state index contributed by atoms with van der Waals surface area (Å²) in [5.74, 6) is 1.40. The molecule has 0 N–H and O–H groups in total. The van der Waals surface area contributed by atoms with E-state index in [0.717, 1.165) is 0 Å². The second-order valence-corrected chi connectivity index (χ2v) is 7.79. The largest absolute Gasteiger partial charge is 0.269 e. The molecule has 0 nitrogen and oxygen atoms in total. The molecule has 0 aromatic carbocycles. The molecule has 2 rings (SSSR count). The Kier molecular flexibility index (Phi) is 7.77. The number of hydrogen-bond acceptors (Lipinski definition) is 0. The molecule has 0 aromatic rings. The van der Waals surface area contributed by atoms with Crippen LogP contribution in [0.1, 0.15) is 40.5 Å². The fourth-order valence-corrected chi connectivity index (χ4v) is 5.42. The Morgan fingerprint density at radius 3 is 1.47 bits per heavy atom. The number of allylic oxidation sites excluding steroid dienone is 8. The fourth-order valence-electron chi connectivity index (χ4n) is 2.55. The Morgan fingerprint density at radius 1 is 0.789 bits per heavy atom. The van der Waals surface area contributed by atoms with Crippen LogP contribution in [0.3, 0.4) is 0 Å². The second-order valence-electron chi connectivity index (χ2n) is 5.52. The van der Waals surface area contributed by atoms with Gasteiger partial charge in [-0.1, -0.05) is 0 Å². The topological polar surface area (TPSA) is 0 Å². The van der Waals surface area contributed by atoms with Gasteiger partial charge in [0, 0.05) is 0 Å². The number of hydrogen-bond donors (Lipinski definition) is 0. The molecule has 0 aliphatic heterocycles. The average molecular weight is 302 g/mol. The maximum Gasteiger partial charge on any atom is -0.269 e. The van der Waals surface area contributed by atoms with Crippen LogP contribution in [0.4, 0.5) is 9.41 Å². The Labute approximate surface area is 124 Å². The van der Waals surface area contributed by atoms with Crippen molar-refractivity contribution < 1.29 is 28.6 Å². The molecular formula is C16H24F2Ti. The van der Waals surface area contributed by atoms with Crippen LogP contribution in [0, 0.1) is 11.8 Å². The van der Waals surface area contributed by atoms with Gasteiger partial charge in [-0.15, -0.1) is 0 Å². The van der Waals surface area contributed by atoms with Gasteiger partial charge in [-0.25, -0.2) is 0 Å². The van der Waals surface area contributed by atoms with Crippen LogP contribution in [0.15, 0.2) is 43.2 Å². The Balaban J connectivity index is 0.00000162. The van der Waals surface area contributed by atoms with E-state index in [2.05, 4.69) is 52.0 Å². The van der Waals surface area contributed by atoms with Gasteiger partial charge >= 0.3 is 115 Å². The third-order valence-electron chi connectivity index (χ3n) is 3.48. The summed E-state index contributed by atoms with van der Waals surface area (Å²) in [6.45, 7) is 9.28. The van der Waals surface area contributed by atoms with E-state index in [1.165, 1.54) is 12.8 Å². The van der Waals surface area contributed by atoms with E-state index in [1.807, 2.05) is 0 Å². The molecule has 0 unspecified atom stereocenters. The van der Waals surface area contributed by atoms with E-state index in [1.54, 1.807) is 18.9 Å². The third-order valence-corrected chi connectivity index (χ3v) is 5.96. The predicted octanol–water partition coefficient (Wildman–Crippen LogP) is 5.11. The molecule has 0 fully saturated rings. The molecule has 2 aliphatic carbocycles. The van der Waals surface area contributed by atoms with Crippen LogP contribution in [-0.2, 0) is 19.2 Å². The van der Waals surface area contributed by atoms with Crippen LogP contribution in [-0.4, -0.2) is 0 Å². The van der Waals surface area contributed by atoms with Crippen LogP contribution in [0.5, 0.6) is 0 Å². The summed E-state index contributed by atoms with van der Waals surface area (Å²) in [6.07, 6.45) is 11.9. The van der Waals surface area contributed by atoms with Crippen molar-refractivity contribution in [2.45, 2.75) is 40.5 Å². The molecule has 0 radical (unpaired) electrons. The first kappa shape index (κ1) is 18.5. The van der Waals surface area contributed by atoms with Crippen molar-refractivity contribution >= 4 is 0 Å². The van der Waals surface area contributed by atoms with Gasteiger partial charge in [0.2, 0.25) is 0 Å². The fraction of sp³-hybridized carbons (Fsp3) is 0.500. The van der Waals surface area contributed by atoms with Crippen LogP contribution >= 0.6 is 0 Å². The van der Waals surface area contributed by atoms with Gasteiger partial charge in [0.1, 0.15) is 0 Å². The average Bonchev–Trinajstić information content (AvgIpc) is 2.86. The van der Waals surface area contributed by atoms with Gasteiger partial charge in [-0.2, -0.15) is 0 Å². The minimum atomic E-state index is -0.0443. The Bertz CT molecular complexity index is 386. The van der Waals surface area contributed by atoms with Gasteiger partial charge < -0.3 is 0 Å². The van der Waals surface area contributed by atoms with E-state index in [0.29, 0.717) is 11.8 Å². The molecule has 19 heavy (non-hydrogen) atoms. The van der Waals surface area contributed by atoms with Crippen LogP contribution in [0.2, 0.25) is 0 Å². The van der Waals surface area contributed by atoms with Gasteiger partial charge in [-0.3, -0.25) is 9.41 Å². The maximum absolute atomic E-state index is 2.36. The van der Waals surface area contributed by atoms with Crippen molar-refractivity contribution in [1.29, 1.82) is 0 Å². The van der Waals surface area contributed by atoms with Crippen molar-refractivity contribution in [2.75, 3.05) is 0 Å². The summed E-state index contributed by atoms with van der Waals surface area (Å²) in [5, 5.41) is 0. The SMILES string of the molecule is CC(C)C1=[C]([Ti][C]2=C(C(C)C)C=CC2)CC=C1.F.F. The van der Waals surface area contributed by atoms with Gasteiger partial charge in [0.25, 0.3) is 0 Å². The van der Waals surface area contributed by atoms with E-state index in [-0.39, 0.29) is 28.6 Å². The molecular weight excluding hydrogens is 278 g/mol. The van der Waals surface area contributed by atoms with Crippen LogP contribution < -0.4 is 0 Å². The molecule has 2 aliphatic rings. The number of halogens is 2. The van der Waals surface area contributed by atoms with Crippen molar-refractivity contribution in [3.63, 3.8) is 0 Å². The summed E-state index contributed by atoms with van der Waals surface area (Å²) in [4.78, 5) is 0. The summed E-state index contributed by atoms with van der Waals surface area (Å²) >= 11 is -0.0443. The first-order chi connectivity index (χ1) is 8.09. The first-order valence-electron chi connectivity index (χ1n) is 6.65. The smallest absolute Gasteiger partial charge is 0.269 e. The zero-order valence-corrected chi connectivity index (χ0v) is 13.8. The standard InChI is InChI=1S/2C8H11.2FH.Ti/c2*1-7(2)8-5-3-4-6-8;;;/h2*3,5,7H,4H2,1-2H3;2*1H;. The first-order valence-corrected chi connectivity index (χ1v) is 8.22.